The number of aryl methyl sites for hydroxylation is 2. The Morgan fingerprint density at radius 1 is 1.00 bits per heavy atom. The predicted octanol–water partition coefficient (Wildman–Crippen LogP) is 4.18. The van der Waals surface area contributed by atoms with Crippen molar-refractivity contribution >= 4 is 42.0 Å². The Morgan fingerprint density at radius 2 is 1.77 bits per heavy atom. The second-order valence-electron chi connectivity index (χ2n) is 7.67. The molecule has 0 unspecified atom stereocenters. The van der Waals surface area contributed by atoms with E-state index < -0.39 is 0 Å². The zero-order valence-electron chi connectivity index (χ0n) is 16.8. The van der Waals surface area contributed by atoms with Gasteiger partial charge in [-0.25, -0.2) is 0 Å². The molecular weight excluding hydrogens is 435 g/mol. The molecule has 0 bridgehead atoms. The molecule has 3 nitrogen and oxygen atoms in total. The SMILES string of the molecule is Cc1ccc(C[Se]c2ccc(/C=C3\CCn4c3nc(=O)c3ccccc34)cc2)cc1. The Morgan fingerprint density at radius 3 is 2.57 bits per heavy atom. The quantitative estimate of drug-likeness (QED) is 0.431. The number of para-hydroxylation sites is 1. The molecule has 1 aliphatic heterocycles. The summed E-state index contributed by atoms with van der Waals surface area (Å²) in [7, 11) is 0. The Hall–Kier alpha value is -2.94. The molecule has 2 heterocycles. The molecule has 0 amide bonds. The number of rotatable bonds is 4. The van der Waals surface area contributed by atoms with E-state index in [0.29, 0.717) is 20.3 Å². The average molecular weight is 457 g/mol. The van der Waals surface area contributed by atoms with Crippen molar-refractivity contribution in [2.45, 2.75) is 25.2 Å². The van der Waals surface area contributed by atoms with Gasteiger partial charge in [-0.15, -0.1) is 0 Å². The fourth-order valence-electron chi connectivity index (χ4n) is 3.89. The first-order chi connectivity index (χ1) is 14.7. The number of aromatic nitrogens is 2. The first-order valence-corrected chi connectivity index (χ1v) is 12.2. The summed E-state index contributed by atoms with van der Waals surface area (Å²) in [6, 6.07) is 25.4. The van der Waals surface area contributed by atoms with Crippen LogP contribution in [0.4, 0.5) is 0 Å². The molecule has 3 aromatic carbocycles. The standard InChI is InChI=1S/C26H22N2OSe/c1-18-6-8-20(9-7-18)17-30-22-12-10-19(11-13-22)16-21-14-15-28-24-5-3-2-4-23(24)26(29)27-25(21)28/h2-13,16H,14-15,17H2,1H3/b21-16+. The third kappa shape index (κ3) is 3.77. The van der Waals surface area contributed by atoms with Crippen LogP contribution in [-0.4, -0.2) is 24.5 Å². The summed E-state index contributed by atoms with van der Waals surface area (Å²) in [5.74, 6) is 0.811. The van der Waals surface area contributed by atoms with Crippen LogP contribution >= 0.6 is 0 Å². The molecule has 148 valence electrons. The zero-order valence-corrected chi connectivity index (χ0v) is 18.6. The van der Waals surface area contributed by atoms with Gasteiger partial charge in [0.2, 0.25) is 0 Å². The van der Waals surface area contributed by atoms with Crippen LogP contribution in [0.15, 0.2) is 77.6 Å². The summed E-state index contributed by atoms with van der Waals surface area (Å²) in [6.07, 6.45) is 3.08. The van der Waals surface area contributed by atoms with E-state index in [1.54, 1.807) is 0 Å². The number of benzene rings is 3. The van der Waals surface area contributed by atoms with E-state index in [9.17, 15) is 4.79 Å². The second kappa shape index (κ2) is 8.06. The van der Waals surface area contributed by atoms with E-state index in [4.69, 9.17) is 0 Å². The molecule has 0 radical (unpaired) electrons. The van der Waals surface area contributed by atoms with Crippen LogP contribution in [0.3, 0.4) is 0 Å². The normalized spacial score (nSPS) is 14.4. The van der Waals surface area contributed by atoms with Crippen molar-refractivity contribution in [1.82, 2.24) is 9.55 Å². The van der Waals surface area contributed by atoms with Gasteiger partial charge < -0.3 is 0 Å². The van der Waals surface area contributed by atoms with E-state index in [1.165, 1.54) is 15.6 Å². The van der Waals surface area contributed by atoms with Crippen molar-refractivity contribution in [3.8, 4) is 0 Å². The van der Waals surface area contributed by atoms with Crippen LogP contribution in [-0.2, 0) is 11.9 Å². The van der Waals surface area contributed by atoms with Gasteiger partial charge in [-0.2, -0.15) is 0 Å². The monoisotopic (exact) mass is 458 g/mol. The van der Waals surface area contributed by atoms with Gasteiger partial charge in [0, 0.05) is 0 Å². The number of hydrogen-bond donors (Lipinski definition) is 0. The molecule has 0 atom stereocenters. The van der Waals surface area contributed by atoms with Crippen molar-refractivity contribution in [1.29, 1.82) is 0 Å². The molecular formula is C26H22N2OSe. The predicted molar refractivity (Wildman–Crippen MR) is 125 cm³/mol. The first kappa shape index (κ1) is 19.0. The van der Waals surface area contributed by atoms with E-state index in [0.717, 1.165) is 40.8 Å². The number of hydrogen-bond acceptors (Lipinski definition) is 2. The maximum absolute atomic E-state index is 12.4. The molecule has 1 aliphatic rings. The van der Waals surface area contributed by atoms with E-state index >= 15 is 0 Å². The second-order valence-corrected chi connectivity index (χ2v) is 9.87. The number of allylic oxidation sites excluding steroid dienone is 1. The van der Waals surface area contributed by atoms with E-state index in [1.807, 2.05) is 24.3 Å². The Kier molecular flexibility index (Phi) is 5.12. The van der Waals surface area contributed by atoms with Gasteiger partial charge in [-0.3, -0.25) is 0 Å². The van der Waals surface area contributed by atoms with Crippen LogP contribution in [0.25, 0.3) is 22.6 Å². The van der Waals surface area contributed by atoms with Gasteiger partial charge >= 0.3 is 182 Å². The molecule has 0 saturated heterocycles. The van der Waals surface area contributed by atoms with Crippen molar-refractivity contribution in [3.05, 3.63) is 106 Å². The van der Waals surface area contributed by atoms with Crippen LogP contribution in [0, 0.1) is 6.92 Å². The summed E-state index contributed by atoms with van der Waals surface area (Å²) in [6.45, 7) is 2.99. The topological polar surface area (TPSA) is 34.9 Å². The van der Waals surface area contributed by atoms with Crippen LogP contribution < -0.4 is 10.0 Å². The number of fused-ring (bicyclic) bond motifs is 3. The van der Waals surface area contributed by atoms with E-state index in [2.05, 4.69) is 71.1 Å². The van der Waals surface area contributed by atoms with Crippen LogP contribution in [0.2, 0.25) is 0 Å². The molecule has 1 aromatic heterocycles. The average Bonchev–Trinajstić information content (AvgIpc) is 3.17. The summed E-state index contributed by atoms with van der Waals surface area (Å²) in [5, 5.41) is 1.81. The van der Waals surface area contributed by atoms with Crippen molar-refractivity contribution in [3.63, 3.8) is 0 Å². The molecule has 0 spiro atoms. The van der Waals surface area contributed by atoms with Gasteiger partial charge in [-0.1, -0.05) is 0 Å². The minimum atomic E-state index is -0.140. The molecule has 30 heavy (non-hydrogen) atoms. The maximum atomic E-state index is 12.4. The third-order valence-electron chi connectivity index (χ3n) is 5.53. The van der Waals surface area contributed by atoms with Crippen molar-refractivity contribution in [2.24, 2.45) is 0 Å². The van der Waals surface area contributed by atoms with Crippen LogP contribution in [0.1, 0.15) is 28.9 Å². The number of nitrogens with zero attached hydrogens (tertiary/aromatic N) is 2. The van der Waals surface area contributed by atoms with Gasteiger partial charge in [0.1, 0.15) is 0 Å². The summed E-state index contributed by atoms with van der Waals surface area (Å²) < 4.78 is 3.57. The Labute approximate surface area is 182 Å². The van der Waals surface area contributed by atoms with Gasteiger partial charge in [0.15, 0.2) is 0 Å². The summed E-state index contributed by atoms with van der Waals surface area (Å²) in [4.78, 5) is 16.8. The molecule has 4 aromatic rings. The van der Waals surface area contributed by atoms with E-state index in [-0.39, 0.29) is 5.56 Å². The molecule has 0 N–H and O–H groups in total. The minimum absolute atomic E-state index is 0.140. The molecule has 0 saturated carbocycles. The van der Waals surface area contributed by atoms with Crippen molar-refractivity contribution in [2.75, 3.05) is 0 Å². The van der Waals surface area contributed by atoms with Gasteiger partial charge in [0.05, 0.1) is 0 Å². The van der Waals surface area contributed by atoms with Gasteiger partial charge in [-0.05, 0) is 0 Å². The molecule has 4 heteroatoms. The molecule has 0 aliphatic carbocycles. The Bertz CT molecular complexity index is 1300. The fourth-order valence-corrected chi connectivity index (χ4v) is 5.68. The summed E-state index contributed by atoms with van der Waals surface area (Å²) >= 11 is 0.425. The fraction of sp³-hybridized carbons (Fsp3) is 0.154. The van der Waals surface area contributed by atoms with Crippen molar-refractivity contribution < 1.29 is 0 Å². The Balaban J connectivity index is 1.36. The first-order valence-electron chi connectivity index (χ1n) is 10.2. The zero-order chi connectivity index (χ0) is 20.5. The molecule has 0 fully saturated rings. The summed E-state index contributed by atoms with van der Waals surface area (Å²) in [5.41, 5.74) is 5.84. The third-order valence-corrected chi connectivity index (χ3v) is 7.80. The van der Waals surface area contributed by atoms with Crippen LogP contribution in [0.5, 0.6) is 0 Å². The molecule has 5 rings (SSSR count). The van der Waals surface area contributed by atoms with Gasteiger partial charge in [0.25, 0.3) is 0 Å².